The first-order valence-corrected chi connectivity index (χ1v) is 22.0. The van der Waals surface area contributed by atoms with E-state index in [-0.39, 0.29) is 48.3 Å². The van der Waals surface area contributed by atoms with Crippen LogP contribution in [0.1, 0.15) is 89.1 Å². The number of ketones is 1. The molecule has 0 aromatic heterocycles. The third-order valence-corrected chi connectivity index (χ3v) is 14.1. The molecule has 1 saturated heterocycles. The van der Waals surface area contributed by atoms with Crippen LogP contribution in [0.4, 0.5) is 0 Å². The quantitative estimate of drug-likeness (QED) is 0.0338. The second-order valence-corrected chi connectivity index (χ2v) is 18.3. The van der Waals surface area contributed by atoms with Crippen molar-refractivity contribution in [2.24, 2.45) is 22.6 Å². The molecule has 2 saturated carbocycles. The summed E-state index contributed by atoms with van der Waals surface area (Å²) in [4.78, 5) is 86.2. The lowest BCUT2D eigenvalue weighted by Crippen LogP contribution is -2.81. The summed E-state index contributed by atoms with van der Waals surface area (Å²) in [6, 6.07) is 16.4. The molecule has 3 aliphatic carbocycles. The number of Topliss-reactive ketones (excluding diaryl/α,β-unsaturated/α-hetero) is 1. The third-order valence-electron chi connectivity index (χ3n) is 13.5. The molecule has 1 heterocycles. The standard InChI is InChI=1S/C45H55NO18S/c1-24(27-14-9-7-10-15-27)36(59-33(50)22-56-32(49)18-13-19-65-64-63-62-46)41(54)58-29-21-45(55)39(60-40(53)28-16-11-8-12-17-28)37-43(6,38(52)35(51)34(25(29)2)42(45,4)5)30(48)20-31-44(37,23-57-31)61-26(3)47/h7-12,14-17,24,29-31,35-37,39,48,51,55H,13,18-23,46H2,1-6H3/t24-,29-,30-,31+,35+,36+,37-,39?,43+,44-,45-/m0/s1. The molecule has 0 spiro atoms. The van der Waals surface area contributed by atoms with Crippen LogP contribution in [-0.2, 0) is 66.8 Å². The van der Waals surface area contributed by atoms with Crippen molar-refractivity contribution >= 4 is 47.7 Å². The minimum absolute atomic E-state index is 0.0665. The van der Waals surface area contributed by atoms with E-state index in [0.717, 1.165) is 19.0 Å². The van der Waals surface area contributed by atoms with Crippen molar-refractivity contribution in [2.45, 2.75) is 121 Å². The molecule has 354 valence electrons. The van der Waals surface area contributed by atoms with Crippen molar-refractivity contribution < 1.29 is 86.9 Å². The van der Waals surface area contributed by atoms with Gasteiger partial charge in [0.25, 0.3) is 0 Å². The molecule has 2 aromatic carbocycles. The van der Waals surface area contributed by atoms with Gasteiger partial charge in [-0.25, -0.2) is 14.4 Å². The van der Waals surface area contributed by atoms with Crippen LogP contribution in [0.3, 0.4) is 0 Å². The molecule has 19 nitrogen and oxygen atoms in total. The summed E-state index contributed by atoms with van der Waals surface area (Å²) >= 11 is 0.807. The second-order valence-electron chi connectivity index (χ2n) is 17.5. The van der Waals surface area contributed by atoms with Gasteiger partial charge >= 0.3 is 29.8 Å². The molecule has 4 aliphatic rings. The summed E-state index contributed by atoms with van der Waals surface area (Å²) in [6.45, 7) is 7.56. The fourth-order valence-corrected chi connectivity index (χ4v) is 10.4. The van der Waals surface area contributed by atoms with Crippen LogP contribution in [0.2, 0.25) is 0 Å². The van der Waals surface area contributed by atoms with E-state index in [1.807, 2.05) is 0 Å². The molecule has 0 radical (unpaired) electrons. The van der Waals surface area contributed by atoms with Crippen LogP contribution in [0.15, 0.2) is 71.8 Å². The Kier molecular flexibility index (Phi) is 15.3. The number of carbonyl (C=O) groups is 6. The van der Waals surface area contributed by atoms with Gasteiger partial charge < -0.3 is 43.7 Å². The zero-order chi connectivity index (χ0) is 47.5. The monoisotopic (exact) mass is 929 g/mol. The molecule has 1 aliphatic heterocycles. The van der Waals surface area contributed by atoms with Crippen molar-refractivity contribution in [3.05, 3.63) is 82.9 Å². The van der Waals surface area contributed by atoms with E-state index in [4.69, 9.17) is 28.4 Å². The molecule has 2 aromatic rings. The van der Waals surface area contributed by atoms with Gasteiger partial charge in [-0.15, -0.1) is 9.32 Å². The summed E-state index contributed by atoms with van der Waals surface area (Å²) in [5.74, 6) is -3.03. The Morgan fingerprint density at radius 2 is 1.63 bits per heavy atom. The van der Waals surface area contributed by atoms with Gasteiger partial charge in [-0.3, -0.25) is 14.4 Å². The van der Waals surface area contributed by atoms with Crippen molar-refractivity contribution in [3.8, 4) is 0 Å². The lowest BCUT2D eigenvalue weighted by molar-refractivity contribution is -0.464. The largest absolute Gasteiger partial charge is 0.455 e. The molecule has 5 N–H and O–H groups in total. The maximum Gasteiger partial charge on any atom is 0.348 e. The van der Waals surface area contributed by atoms with E-state index in [1.54, 1.807) is 69.3 Å². The minimum atomic E-state index is -2.38. The summed E-state index contributed by atoms with van der Waals surface area (Å²) in [6.07, 6.45) is -10.2. The van der Waals surface area contributed by atoms with Crippen LogP contribution in [0, 0.1) is 16.7 Å². The summed E-state index contributed by atoms with van der Waals surface area (Å²) in [5.41, 5.74) is -7.12. The molecule has 1 unspecified atom stereocenters. The van der Waals surface area contributed by atoms with Gasteiger partial charge in [0.1, 0.15) is 30.0 Å². The number of aliphatic hydroxyl groups is 3. The Morgan fingerprint density at radius 1 is 0.969 bits per heavy atom. The summed E-state index contributed by atoms with van der Waals surface area (Å²) < 4.78 is 39.7. The first-order valence-electron chi connectivity index (χ1n) is 21.1. The van der Waals surface area contributed by atoms with Crippen LogP contribution in [0.5, 0.6) is 0 Å². The Labute approximate surface area is 379 Å². The van der Waals surface area contributed by atoms with Crippen LogP contribution >= 0.6 is 12.0 Å². The van der Waals surface area contributed by atoms with E-state index in [2.05, 4.69) is 20.3 Å². The van der Waals surface area contributed by atoms with Crippen LogP contribution < -0.4 is 5.90 Å². The number of carbonyl (C=O) groups excluding carboxylic acids is 6. The molecular weight excluding hydrogens is 875 g/mol. The maximum absolute atomic E-state index is 15.1. The van der Waals surface area contributed by atoms with Crippen molar-refractivity contribution in [2.75, 3.05) is 19.0 Å². The van der Waals surface area contributed by atoms with Gasteiger partial charge in [0.05, 0.1) is 29.6 Å². The Balaban J connectivity index is 1.38. The van der Waals surface area contributed by atoms with E-state index in [0.29, 0.717) is 5.56 Å². The van der Waals surface area contributed by atoms with E-state index in [1.165, 1.54) is 26.0 Å². The number of benzene rings is 2. The topological polar surface area (TPSA) is 272 Å². The Hall–Kier alpha value is -4.77. The summed E-state index contributed by atoms with van der Waals surface area (Å²) in [7, 11) is 0. The molecular formula is C45H55NO18S. The highest BCUT2D eigenvalue weighted by Crippen LogP contribution is 2.64. The lowest BCUT2D eigenvalue weighted by atomic mass is 9.44. The van der Waals surface area contributed by atoms with Gasteiger partial charge in [0.15, 0.2) is 18.0 Å². The lowest BCUT2D eigenvalue weighted by Gasteiger charge is -2.67. The smallest absolute Gasteiger partial charge is 0.348 e. The van der Waals surface area contributed by atoms with Gasteiger partial charge in [0.2, 0.25) is 6.10 Å². The SMILES string of the molecule is CC(=O)O[C@@]12CO[C@@H]1C[C@H](O)[C@@]1(C)C(=O)[C@H](O)C3=C(C)[C@@H](OC(=O)[C@H](OC(=O)COC(=O)CCCSOOON)[C@@H](C)c4ccccc4)C[C@](O)(C(OC(=O)c4ccccc4)[C@H]21)C3(C)C. The number of ether oxygens (including phenoxy) is 6. The van der Waals surface area contributed by atoms with Gasteiger partial charge in [0, 0.05) is 55.3 Å². The van der Waals surface area contributed by atoms with Crippen LogP contribution in [0.25, 0.3) is 0 Å². The molecule has 2 bridgehead atoms. The number of esters is 5. The van der Waals surface area contributed by atoms with E-state index >= 15 is 4.79 Å². The highest BCUT2D eigenvalue weighted by atomic mass is 32.2. The molecule has 6 rings (SSSR count). The fraction of sp³-hybridized carbons (Fsp3) is 0.556. The molecule has 11 atom stereocenters. The second kappa shape index (κ2) is 20.0. The van der Waals surface area contributed by atoms with Gasteiger partial charge in [-0.2, -0.15) is 5.90 Å². The van der Waals surface area contributed by atoms with Crippen molar-refractivity contribution in [1.29, 1.82) is 0 Å². The maximum atomic E-state index is 15.1. The number of nitrogens with two attached hydrogens (primary N) is 1. The minimum Gasteiger partial charge on any atom is -0.455 e. The first kappa shape index (κ1) is 49.7. The van der Waals surface area contributed by atoms with Crippen molar-refractivity contribution in [1.82, 2.24) is 0 Å². The normalized spacial score (nSPS) is 31.0. The molecule has 65 heavy (non-hydrogen) atoms. The zero-order valence-electron chi connectivity index (χ0n) is 36.8. The van der Waals surface area contributed by atoms with E-state index < -0.39 is 119 Å². The van der Waals surface area contributed by atoms with Gasteiger partial charge in [-0.05, 0) is 54.1 Å². The fourth-order valence-electron chi connectivity index (χ4n) is 10.00. The zero-order valence-corrected chi connectivity index (χ0v) is 37.6. The van der Waals surface area contributed by atoms with Crippen LogP contribution in [-0.4, -0.2) is 118 Å². The Bertz CT molecular complexity index is 2140. The number of aliphatic hydroxyl groups excluding tert-OH is 2. The number of hydrogen-bond donors (Lipinski definition) is 4. The predicted molar refractivity (Wildman–Crippen MR) is 224 cm³/mol. The highest BCUT2D eigenvalue weighted by Gasteiger charge is 2.78. The molecule has 0 amide bonds. The van der Waals surface area contributed by atoms with Crippen molar-refractivity contribution in [3.63, 3.8) is 0 Å². The highest BCUT2D eigenvalue weighted by molar-refractivity contribution is 7.94. The third kappa shape index (κ3) is 9.46. The number of fused-ring (bicyclic) bond motifs is 5. The van der Waals surface area contributed by atoms with E-state index in [9.17, 15) is 39.3 Å². The van der Waals surface area contributed by atoms with Gasteiger partial charge in [-0.1, -0.05) is 69.3 Å². The number of rotatable bonds is 17. The summed E-state index contributed by atoms with van der Waals surface area (Å²) in [5, 5.41) is 41.8. The average molecular weight is 930 g/mol. The predicted octanol–water partition coefficient (Wildman–Crippen LogP) is 3.07. The molecule has 20 heteroatoms. The molecule has 3 fully saturated rings. The average Bonchev–Trinajstić information content (AvgIpc) is 3.27. The Morgan fingerprint density at radius 3 is 2.25 bits per heavy atom. The number of hydrogen-bond acceptors (Lipinski definition) is 20. The first-order chi connectivity index (χ1) is 30.7.